The number of Topliss-reactive ketones (excluding diaryl/α,β-unsaturated/α-hetero) is 1. The Balaban J connectivity index is 1.34. The largest absolute Gasteiger partial charge is 0.384 e. The van der Waals surface area contributed by atoms with Crippen molar-refractivity contribution in [2.24, 2.45) is 16.6 Å². The zero-order valence-corrected chi connectivity index (χ0v) is 32.9. The van der Waals surface area contributed by atoms with Crippen LogP contribution in [0.2, 0.25) is 0 Å². The first-order valence-corrected chi connectivity index (χ1v) is 21.6. The predicted molar refractivity (Wildman–Crippen MR) is 203 cm³/mol. The lowest BCUT2D eigenvalue weighted by atomic mass is 9.85. The summed E-state index contributed by atoms with van der Waals surface area (Å²) in [4.78, 5) is 74.0. The Morgan fingerprint density at radius 1 is 1.02 bits per heavy atom. The number of benzene rings is 1. The Morgan fingerprint density at radius 2 is 1.67 bits per heavy atom. The van der Waals surface area contributed by atoms with Crippen LogP contribution < -0.4 is 11.1 Å². The van der Waals surface area contributed by atoms with Crippen molar-refractivity contribution in [1.82, 2.24) is 29.5 Å². The number of rotatable bonds is 12. The molecule has 4 aliphatic rings. The summed E-state index contributed by atoms with van der Waals surface area (Å²) in [6, 6.07) is 3.71. The van der Waals surface area contributed by atoms with Gasteiger partial charge in [-0.15, -0.1) is 5.10 Å². The fraction of sp³-hybridized carbons (Fsp3) is 0.622. The van der Waals surface area contributed by atoms with E-state index in [4.69, 9.17) is 5.73 Å². The van der Waals surface area contributed by atoms with Crippen LogP contribution in [0.15, 0.2) is 40.4 Å². The summed E-state index contributed by atoms with van der Waals surface area (Å²) in [5.41, 5.74) is 2.97. The molecule has 1 aromatic heterocycles. The van der Waals surface area contributed by atoms with Crippen LogP contribution in [-0.2, 0) is 34.8 Å². The molecule has 2 atom stereocenters. The number of nitrogens with two attached hydrogens (primary N) is 1. The number of thioether (sulfide) groups is 1. The molecule has 2 aromatic rings. The maximum absolute atomic E-state index is 14.8. The van der Waals surface area contributed by atoms with E-state index in [0.29, 0.717) is 30.3 Å². The van der Waals surface area contributed by atoms with Gasteiger partial charge in [-0.25, -0.2) is 18.1 Å². The van der Waals surface area contributed by atoms with Gasteiger partial charge in [-0.05, 0) is 87.6 Å². The Labute approximate surface area is 325 Å². The van der Waals surface area contributed by atoms with Crippen molar-refractivity contribution in [2.45, 2.75) is 113 Å². The van der Waals surface area contributed by atoms with E-state index in [1.807, 2.05) is 0 Å². The van der Waals surface area contributed by atoms with Gasteiger partial charge in [0.2, 0.25) is 21.7 Å². The summed E-state index contributed by atoms with van der Waals surface area (Å²) >= 11 is 1.58. The van der Waals surface area contributed by atoms with Gasteiger partial charge in [0.05, 0.1) is 22.8 Å². The number of likely N-dealkylation sites (tertiary alicyclic amines) is 1. The number of amides is 4. The number of sulfonamides is 1. The van der Waals surface area contributed by atoms with Gasteiger partial charge in [0, 0.05) is 31.6 Å². The molecule has 0 bridgehead atoms. The van der Waals surface area contributed by atoms with E-state index in [1.54, 1.807) is 25.6 Å². The predicted octanol–water partition coefficient (Wildman–Crippen LogP) is 2.12. The molecular formula is C37H50N8O8S2. The topological polar surface area (TPSA) is 227 Å². The number of aromatic nitrogens is 3. The monoisotopic (exact) mass is 798 g/mol. The van der Waals surface area contributed by atoms with Crippen molar-refractivity contribution in [3.63, 3.8) is 0 Å². The molecule has 4 fully saturated rings. The molecule has 0 spiro atoms. The van der Waals surface area contributed by atoms with Crippen LogP contribution in [-0.4, -0.2) is 116 Å². The number of nitrogens with one attached hydrogen (secondary N) is 1. The first kappa shape index (κ1) is 40.7. The minimum absolute atomic E-state index is 0.0250. The van der Waals surface area contributed by atoms with Crippen LogP contribution in [0.4, 0.5) is 0 Å². The highest BCUT2D eigenvalue weighted by Crippen LogP contribution is 2.35. The van der Waals surface area contributed by atoms with Crippen LogP contribution in [0.25, 0.3) is 0 Å². The van der Waals surface area contributed by atoms with Crippen molar-refractivity contribution in [1.29, 1.82) is 0 Å². The molecular weight excluding hydrogens is 749 g/mol. The van der Waals surface area contributed by atoms with E-state index in [1.165, 1.54) is 44.3 Å². The molecule has 0 radical (unpaired) electrons. The first-order valence-electron chi connectivity index (χ1n) is 19.0. The third kappa shape index (κ3) is 8.86. The highest BCUT2D eigenvalue weighted by molar-refractivity contribution is 7.99. The van der Waals surface area contributed by atoms with Crippen LogP contribution >= 0.6 is 11.8 Å². The molecule has 3 aliphatic heterocycles. The van der Waals surface area contributed by atoms with Gasteiger partial charge in [0.1, 0.15) is 22.9 Å². The second kappa shape index (κ2) is 16.6. The lowest BCUT2D eigenvalue weighted by Crippen LogP contribution is -2.63. The van der Waals surface area contributed by atoms with E-state index < -0.39 is 62.7 Å². The number of carbonyl (C=O) groups excluding carboxylic acids is 5. The Hall–Kier alpha value is -4.00. The van der Waals surface area contributed by atoms with Crippen LogP contribution in [0.1, 0.15) is 107 Å². The molecule has 1 saturated carbocycles. The smallest absolute Gasteiger partial charge is 0.287 e. The molecule has 3 saturated heterocycles. The van der Waals surface area contributed by atoms with Crippen molar-refractivity contribution in [3.8, 4) is 0 Å². The molecule has 4 heterocycles. The molecule has 0 unspecified atom stereocenters. The van der Waals surface area contributed by atoms with Gasteiger partial charge in [0.15, 0.2) is 0 Å². The lowest BCUT2D eigenvalue weighted by Gasteiger charge is -2.37. The average molecular weight is 799 g/mol. The number of carbonyl (C=O) groups is 5. The number of nitrogens with zero attached hydrogens (tertiary/aromatic N) is 6. The second-order valence-electron chi connectivity index (χ2n) is 15.6. The maximum Gasteiger partial charge on any atom is 0.287 e. The van der Waals surface area contributed by atoms with Crippen molar-refractivity contribution >= 4 is 56.9 Å². The molecule has 1 aliphatic carbocycles. The summed E-state index contributed by atoms with van der Waals surface area (Å²) < 4.78 is 29.1. The van der Waals surface area contributed by atoms with Crippen molar-refractivity contribution in [2.75, 3.05) is 31.1 Å². The fourth-order valence-electron chi connectivity index (χ4n) is 8.14. The zero-order chi connectivity index (χ0) is 39.5. The number of aliphatic hydroxyl groups is 1. The zero-order valence-electron chi connectivity index (χ0n) is 31.3. The molecule has 4 amide bonds. The molecule has 6 rings (SSSR count). The molecule has 298 valence electrons. The molecule has 1 aromatic carbocycles. The number of aliphatic imine (C=N–C) groups is 1. The maximum atomic E-state index is 14.8. The van der Waals surface area contributed by atoms with Gasteiger partial charge >= 0.3 is 0 Å². The average Bonchev–Trinajstić information content (AvgIpc) is 3.97. The molecule has 55 heavy (non-hydrogen) atoms. The van der Waals surface area contributed by atoms with Crippen LogP contribution in [0.3, 0.4) is 0 Å². The number of hydrogen-bond acceptors (Lipinski definition) is 11. The van der Waals surface area contributed by atoms with Crippen LogP contribution in [0, 0.1) is 5.92 Å². The molecule has 4 N–H and O–H groups in total. The Kier molecular flexibility index (Phi) is 12.3. The summed E-state index contributed by atoms with van der Waals surface area (Å²) in [5, 5.41) is 21.9. The van der Waals surface area contributed by atoms with E-state index in [2.05, 4.69) is 20.6 Å². The summed E-state index contributed by atoms with van der Waals surface area (Å²) in [6.45, 7) is 3.96. The quantitative estimate of drug-likeness (QED) is 0.208. The van der Waals surface area contributed by atoms with E-state index in [0.717, 1.165) is 44.9 Å². The highest BCUT2D eigenvalue weighted by Gasteiger charge is 2.49. The highest BCUT2D eigenvalue weighted by atomic mass is 32.2. The number of ketones is 1. The van der Waals surface area contributed by atoms with Crippen molar-refractivity contribution < 1.29 is 37.5 Å². The van der Waals surface area contributed by atoms with E-state index in [9.17, 15) is 37.5 Å². The fourth-order valence-corrected chi connectivity index (χ4v) is 10.9. The SMILES string of the molecule is CC(C)(O)c1cnnn1[C@H]1C[C@@H](C(=O)NC2(C(=O)C(N)=O)CCSCC2)N(C(=O)C(CC2CCCCC2)=NC(=O)c2ccc(S(=O)(=O)N3CCCC3)cc2)C1. The lowest BCUT2D eigenvalue weighted by molar-refractivity contribution is -0.143. The van der Waals surface area contributed by atoms with Crippen LogP contribution in [0.5, 0.6) is 0 Å². The van der Waals surface area contributed by atoms with E-state index >= 15 is 0 Å². The number of hydrogen-bond donors (Lipinski definition) is 3. The Bertz CT molecular complexity index is 1920. The third-order valence-electron chi connectivity index (χ3n) is 11.3. The van der Waals surface area contributed by atoms with Gasteiger partial charge in [0.25, 0.3) is 17.7 Å². The first-order chi connectivity index (χ1) is 26.1. The van der Waals surface area contributed by atoms with E-state index in [-0.39, 0.29) is 54.3 Å². The van der Waals surface area contributed by atoms with Gasteiger partial charge in [-0.3, -0.25) is 24.0 Å². The molecule has 16 nitrogen and oxygen atoms in total. The molecule has 18 heteroatoms. The minimum Gasteiger partial charge on any atom is -0.384 e. The Morgan fingerprint density at radius 3 is 2.29 bits per heavy atom. The standard InChI is InChI=1S/C37H50N8O8S2/c1-36(2,51)30-22-39-42-45(30)26-21-29(34(49)41-37(31(46)32(38)47)14-18-54-19-15-37)44(23-26)35(50)28(20-24-8-4-3-5-9-24)40-33(48)25-10-12-27(13-11-25)55(52,53)43-16-6-7-17-43/h10-13,22,24,26,29,51H,3-9,14-21,23H2,1-2H3,(H2,38,47)(H,41,49)/t26-,29-/m0/s1. The van der Waals surface area contributed by atoms with Gasteiger partial charge in [-0.2, -0.15) is 16.1 Å². The third-order valence-corrected chi connectivity index (χ3v) is 14.2. The summed E-state index contributed by atoms with van der Waals surface area (Å²) in [6.07, 6.45) is 8.21. The number of primary amides is 1. The second-order valence-corrected chi connectivity index (χ2v) is 18.7. The van der Waals surface area contributed by atoms with Gasteiger partial charge < -0.3 is 21.1 Å². The van der Waals surface area contributed by atoms with Crippen molar-refractivity contribution in [3.05, 3.63) is 41.7 Å². The normalized spacial score (nSPS) is 22.7. The minimum atomic E-state index is -3.71. The summed E-state index contributed by atoms with van der Waals surface area (Å²) in [7, 11) is -3.71. The summed E-state index contributed by atoms with van der Waals surface area (Å²) in [5.74, 6) is -3.02. The van der Waals surface area contributed by atoms with Gasteiger partial charge in [-0.1, -0.05) is 37.3 Å².